The minimum atomic E-state index is -0.165. The summed E-state index contributed by atoms with van der Waals surface area (Å²) in [6.07, 6.45) is 3.30. The predicted molar refractivity (Wildman–Crippen MR) is 60.9 cm³/mol. The molecule has 1 aliphatic rings. The van der Waals surface area contributed by atoms with E-state index in [1.54, 1.807) is 6.07 Å². The third-order valence-electron chi connectivity index (χ3n) is 2.37. The van der Waals surface area contributed by atoms with Gasteiger partial charge in [0.25, 0.3) is 0 Å². The van der Waals surface area contributed by atoms with Crippen LogP contribution in [0.15, 0.2) is 11.2 Å². The lowest BCUT2D eigenvalue weighted by Gasteiger charge is -2.32. The van der Waals surface area contributed by atoms with Crippen molar-refractivity contribution in [1.29, 1.82) is 0 Å². The van der Waals surface area contributed by atoms with Crippen molar-refractivity contribution in [1.82, 2.24) is 9.97 Å². The molecule has 0 atom stereocenters. The van der Waals surface area contributed by atoms with E-state index in [1.165, 1.54) is 11.8 Å². The molecule has 4 N–H and O–H groups in total. The van der Waals surface area contributed by atoms with Crippen molar-refractivity contribution in [2.75, 3.05) is 17.3 Å². The summed E-state index contributed by atoms with van der Waals surface area (Å²) in [7, 11) is 0. The van der Waals surface area contributed by atoms with Gasteiger partial charge in [0.2, 0.25) is 0 Å². The van der Waals surface area contributed by atoms with Crippen LogP contribution >= 0.6 is 11.8 Å². The fraction of sp³-hybridized carbons (Fsp3) is 0.556. The number of thioether (sulfide) groups is 1. The van der Waals surface area contributed by atoms with Gasteiger partial charge < -0.3 is 16.2 Å². The molecule has 2 rings (SSSR count). The summed E-state index contributed by atoms with van der Waals surface area (Å²) in [5.41, 5.74) is 5.64. The van der Waals surface area contributed by atoms with Crippen molar-refractivity contribution in [3.8, 4) is 0 Å². The maximum Gasteiger partial charge on any atom is 0.191 e. The number of aliphatic hydroxyl groups is 1. The number of nitrogens with zero attached hydrogens (tertiary/aromatic N) is 2. The lowest BCUT2D eigenvalue weighted by Crippen LogP contribution is -2.39. The highest BCUT2D eigenvalue weighted by molar-refractivity contribution is 7.98. The SMILES string of the molecule is CSc1nc(N)cc(NC2CC(O)C2)n1. The molecule has 1 aromatic heterocycles. The zero-order valence-electron chi connectivity index (χ0n) is 8.47. The number of nitrogens with two attached hydrogens (primary N) is 1. The first-order chi connectivity index (χ1) is 7.17. The van der Waals surface area contributed by atoms with Crippen LogP contribution < -0.4 is 11.1 Å². The summed E-state index contributed by atoms with van der Waals surface area (Å²) in [6.45, 7) is 0. The van der Waals surface area contributed by atoms with E-state index in [0.717, 1.165) is 18.7 Å². The van der Waals surface area contributed by atoms with Crippen LogP contribution in [0.1, 0.15) is 12.8 Å². The van der Waals surface area contributed by atoms with Crippen LogP contribution in [0.4, 0.5) is 11.6 Å². The smallest absolute Gasteiger partial charge is 0.191 e. The second-order valence-electron chi connectivity index (χ2n) is 3.63. The third-order valence-corrected chi connectivity index (χ3v) is 2.92. The largest absolute Gasteiger partial charge is 0.393 e. The van der Waals surface area contributed by atoms with E-state index >= 15 is 0 Å². The van der Waals surface area contributed by atoms with E-state index in [1.807, 2.05) is 6.26 Å². The lowest BCUT2D eigenvalue weighted by atomic mass is 9.89. The molecule has 1 aliphatic carbocycles. The summed E-state index contributed by atoms with van der Waals surface area (Å²) in [4.78, 5) is 8.34. The van der Waals surface area contributed by atoms with Crippen LogP contribution in [-0.2, 0) is 0 Å². The Bertz CT molecular complexity index is 354. The van der Waals surface area contributed by atoms with Gasteiger partial charge in [0.15, 0.2) is 5.16 Å². The van der Waals surface area contributed by atoms with Crippen LogP contribution in [0.3, 0.4) is 0 Å². The van der Waals surface area contributed by atoms with Crippen molar-refractivity contribution in [2.24, 2.45) is 0 Å². The minimum Gasteiger partial charge on any atom is -0.393 e. The van der Waals surface area contributed by atoms with Gasteiger partial charge in [-0.05, 0) is 19.1 Å². The van der Waals surface area contributed by atoms with Gasteiger partial charge in [-0.2, -0.15) is 0 Å². The Balaban J connectivity index is 2.04. The van der Waals surface area contributed by atoms with E-state index < -0.39 is 0 Å². The number of aliphatic hydroxyl groups excluding tert-OH is 1. The van der Waals surface area contributed by atoms with Crippen molar-refractivity contribution in [3.05, 3.63) is 6.07 Å². The Hall–Kier alpha value is -1.01. The zero-order valence-corrected chi connectivity index (χ0v) is 9.29. The third kappa shape index (κ3) is 2.51. The predicted octanol–water partition coefficient (Wildman–Crippen LogP) is 0.716. The number of nitrogen functional groups attached to an aromatic ring is 1. The van der Waals surface area contributed by atoms with Crippen LogP contribution in [0, 0.1) is 0 Å². The van der Waals surface area contributed by atoms with E-state index in [0.29, 0.717) is 17.0 Å². The van der Waals surface area contributed by atoms with Crippen molar-refractivity contribution in [2.45, 2.75) is 30.1 Å². The zero-order chi connectivity index (χ0) is 10.8. The van der Waals surface area contributed by atoms with Crippen molar-refractivity contribution in [3.63, 3.8) is 0 Å². The molecule has 0 saturated heterocycles. The Labute approximate surface area is 92.5 Å². The summed E-state index contributed by atoms with van der Waals surface area (Å²) < 4.78 is 0. The van der Waals surface area contributed by atoms with E-state index in [4.69, 9.17) is 10.8 Å². The number of nitrogens with one attached hydrogen (secondary N) is 1. The van der Waals surface area contributed by atoms with Crippen LogP contribution in [0.25, 0.3) is 0 Å². The topological polar surface area (TPSA) is 84.1 Å². The number of aromatic nitrogens is 2. The fourth-order valence-electron chi connectivity index (χ4n) is 1.52. The average Bonchev–Trinajstić information content (AvgIpc) is 2.14. The molecule has 82 valence electrons. The fourth-order valence-corrected chi connectivity index (χ4v) is 1.91. The molecule has 1 heterocycles. The Morgan fingerprint density at radius 1 is 1.53 bits per heavy atom. The van der Waals surface area contributed by atoms with Gasteiger partial charge in [0, 0.05) is 12.1 Å². The summed E-state index contributed by atoms with van der Waals surface area (Å²) in [6, 6.07) is 2.02. The molecular weight excluding hydrogens is 212 g/mol. The molecule has 0 radical (unpaired) electrons. The molecule has 0 unspecified atom stereocenters. The molecule has 5 nitrogen and oxygen atoms in total. The lowest BCUT2D eigenvalue weighted by molar-refractivity contribution is 0.0835. The second kappa shape index (κ2) is 4.24. The second-order valence-corrected chi connectivity index (χ2v) is 4.40. The Morgan fingerprint density at radius 3 is 2.87 bits per heavy atom. The van der Waals surface area contributed by atoms with Gasteiger partial charge in [-0.1, -0.05) is 11.8 Å². The number of anilines is 2. The summed E-state index contributed by atoms with van der Waals surface area (Å²) in [5, 5.41) is 13.0. The van der Waals surface area contributed by atoms with Gasteiger partial charge in [0.1, 0.15) is 11.6 Å². The van der Waals surface area contributed by atoms with Gasteiger partial charge in [-0.25, -0.2) is 9.97 Å². The van der Waals surface area contributed by atoms with Gasteiger partial charge in [0.05, 0.1) is 6.10 Å². The van der Waals surface area contributed by atoms with Crippen LogP contribution in [0.5, 0.6) is 0 Å². The summed E-state index contributed by atoms with van der Waals surface area (Å²) >= 11 is 1.46. The standard InChI is InChI=1S/C9H14N4OS/c1-15-9-12-7(10)4-8(13-9)11-5-2-6(14)3-5/h4-6,14H,2-3H2,1H3,(H3,10,11,12,13). The molecule has 0 amide bonds. The number of rotatable bonds is 3. The molecule has 0 bridgehead atoms. The van der Waals surface area contributed by atoms with E-state index in [2.05, 4.69) is 15.3 Å². The van der Waals surface area contributed by atoms with Crippen molar-refractivity contribution < 1.29 is 5.11 Å². The first kappa shape index (κ1) is 10.5. The van der Waals surface area contributed by atoms with E-state index in [9.17, 15) is 0 Å². The molecule has 1 fully saturated rings. The summed E-state index contributed by atoms with van der Waals surface area (Å²) in [5.74, 6) is 1.21. The number of hydrogen-bond acceptors (Lipinski definition) is 6. The van der Waals surface area contributed by atoms with Gasteiger partial charge in [-0.15, -0.1) is 0 Å². The molecule has 0 aliphatic heterocycles. The minimum absolute atomic E-state index is 0.165. The first-order valence-corrected chi connectivity index (χ1v) is 6.03. The van der Waals surface area contributed by atoms with E-state index in [-0.39, 0.29) is 6.10 Å². The molecule has 0 aromatic carbocycles. The van der Waals surface area contributed by atoms with Crippen molar-refractivity contribution >= 4 is 23.4 Å². The normalized spacial score (nSPS) is 24.7. The molecule has 15 heavy (non-hydrogen) atoms. The first-order valence-electron chi connectivity index (χ1n) is 4.80. The van der Waals surface area contributed by atoms with Gasteiger partial charge >= 0.3 is 0 Å². The highest BCUT2D eigenvalue weighted by Gasteiger charge is 2.27. The molecule has 6 heteroatoms. The maximum atomic E-state index is 9.15. The molecule has 1 saturated carbocycles. The van der Waals surface area contributed by atoms with Crippen LogP contribution in [-0.4, -0.2) is 33.5 Å². The monoisotopic (exact) mass is 226 g/mol. The van der Waals surface area contributed by atoms with Gasteiger partial charge in [-0.3, -0.25) is 0 Å². The quantitative estimate of drug-likeness (QED) is 0.520. The Kier molecular flexibility index (Phi) is 2.97. The Morgan fingerprint density at radius 2 is 2.27 bits per heavy atom. The van der Waals surface area contributed by atoms with Crippen LogP contribution in [0.2, 0.25) is 0 Å². The molecule has 1 aromatic rings. The highest BCUT2D eigenvalue weighted by atomic mass is 32.2. The maximum absolute atomic E-state index is 9.15. The average molecular weight is 226 g/mol. The highest BCUT2D eigenvalue weighted by Crippen LogP contribution is 2.24. The number of hydrogen-bond donors (Lipinski definition) is 3. The molecule has 0 spiro atoms. The molecular formula is C9H14N4OS.